The zero-order valence-corrected chi connectivity index (χ0v) is 31.0. The van der Waals surface area contributed by atoms with Crippen molar-refractivity contribution in [1.82, 2.24) is 0 Å². The molecule has 1 heteroatoms. The number of hydrogen-bond acceptors (Lipinski definition) is 1. The summed E-state index contributed by atoms with van der Waals surface area (Å²) in [5.41, 5.74) is 18.7. The molecule has 0 radical (unpaired) electrons. The van der Waals surface area contributed by atoms with Crippen molar-refractivity contribution in [2.24, 2.45) is 17.8 Å². The summed E-state index contributed by atoms with van der Waals surface area (Å²) in [6.45, 7) is 2.43. The Hall–Kier alpha value is -4.88. The van der Waals surface area contributed by atoms with Crippen LogP contribution in [0.25, 0.3) is 33.4 Å². The van der Waals surface area contributed by atoms with Crippen LogP contribution in [0.5, 0.6) is 0 Å². The zero-order chi connectivity index (χ0) is 35.1. The number of anilines is 3. The van der Waals surface area contributed by atoms with Gasteiger partial charge in [-0.3, -0.25) is 0 Å². The Bertz CT molecular complexity index is 2350. The number of benzene rings is 6. The molecule has 0 heterocycles. The van der Waals surface area contributed by atoms with Crippen molar-refractivity contribution in [3.63, 3.8) is 0 Å². The maximum Gasteiger partial charge on any atom is 0.0543 e. The quantitative estimate of drug-likeness (QED) is 0.174. The van der Waals surface area contributed by atoms with Crippen LogP contribution in [0, 0.1) is 17.8 Å². The van der Waals surface area contributed by atoms with Crippen molar-refractivity contribution >= 4 is 17.1 Å². The Morgan fingerprint density at radius 3 is 1.96 bits per heavy atom. The minimum Gasteiger partial charge on any atom is -0.310 e. The van der Waals surface area contributed by atoms with Gasteiger partial charge in [-0.15, -0.1) is 0 Å². The van der Waals surface area contributed by atoms with Gasteiger partial charge in [-0.25, -0.2) is 0 Å². The molecule has 0 N–H and O–H groups in total. The van der Waals surface area contributed by atoms with Gasteiger partial charge < -0.3 is 4.90 Å². The lowest BCUT2D eigenvalue weighted by atomic mass is 9.49. The lowest BCUT2D eigenvalue weighted by Crippen LogP contribution is -2.49. The molecule has 11 rings (SSSR count). The molecule has 0 saturated heterocycles. The molecule has 5 aliphatic rings. The summed E-state index contributed by atoms with van der Waals surface area (Å²) in [5.74, 6) is 2.24. The van der Waals surface area contributed by atoms with Gasteiger partial charge in [0.25, 0.3) is 0 Å². The normalized spacial score (nSPS) is 24.1. The molecule has 3 saturated carbocycles. The van der Waals surface area contributed by atoms with E-state index in [2.05, 4.69) is 151 Å². The van der Waals surface area contributed by atoms with Crippen LogP contribution in [-0.4, -0.2) is 0 Å². The van der Waals surface area contributed by atoms with Crippen LogP contribution in [0.2, 0.25) is 0 Å². The van der Waals surface area contributed by atoms with E-state index in [0.29, 0.717) is 11.8 Å². The van der Waals surface area contributed by atoms with E-state index < -0.39 is 0 Å². The highest BCUT2D eigenvalue weighted by Gasteiger charge is 2.57. The van der Waals surface area contributed by atoms with Crippen LogP contribution in [0.3, 0.4) is 0 Å². The molecule has 0 amide bonds. The topological polar surface area (TPSA) is 3.24 Å². The molecule has 53 heavy (non-hydrogen) atoms. The van der Waals surface area contributed by atoms with Crippen molar-refractivity contribution in [2.75, 3.05) is 4.90 Å². The third kappa shape index (κ3) is 4.43. The number of rotatable bonds is 5. The maximum atomic E-state index is 2.67. The molecule has 6 aromatic carbocycles. The van der Waals surface area contributed by atoms with Gasteiger partial charge >= 0.3 is 0 Å². The summed E-state index contributed by atoms with van der Waals surface area (Å²) >= 11 is 0. The molecule has 2 unspecified atom stereocenters. The van der Waals surface area contributed by atoms with E-state index in [0.717, 1.165) is 5.92 Å². The fourth-order valence-corrected chi connectivity index (χ4v) is 12.7. The van der Waals surface area contributed by atoms with E-state index in [1.54, 1.807) is 16.7 Å². The smallest absolute Gasteiger partial charge is 0.0543 e. The van der Waals surface area contributed by atoms with Gasteiger partial charge in [0.05, 0.1) is 5.69 Å². The van der Waals surface area contributed by atoms with Crippen molar-refractivity contribution in [3.8, 4) is 33.4 Å². The minimum atomic E-state index is 0.0998. The molecule has 3 fully saturated rings. The first kappa shape index (κ1) is 31.6. The van der Waals surface area contributed by atoms with Crippen LogP contribution in [0.1, 0.15) is 93.4 Å². The summed E-state index contributed by atoms with van der Waals surface area (Å²) in [4.78, 5) is 2.64. The van der Waals surface area contributed by atoms with E-state index in [9.17, 15) is 0 Å². The molecule has 2 bridgehead atoms. The van der Waals surface area contributed by atoms with Gasteiger partial charge in [0.15, 0.2) is 0 Å². The molecule has 0 aliphatic heterocycles. The number of fused-ring (bicyclic) bond motifs is 8. The van der Waals surface area contributed by atoms with Crippen molar-refractivity contribution in [1.29, 1.82) is 0 Å². The second-order valence-electron chi connectivity index (χ2n) is 17.0. The highest BCUT2D eigenvalue weighted by Crippen LogP contribution is 2.66. The molecule has 0 aromatic heterocycles. The summed E-state index contributed by atoms with van der Waals surface area (Å²) in [6, 6.07) is 54.0. The van der Waals surface area contributed by atoms with Crippen molar-refractivity contribution < 1.29 is 0 Å². The first-order valence-corrected chi connectivity index (χ1v) is 20.6. The number of hydrogen-bond donors (Lipinski definition) is 0. The van der Waals surface area contributed by atoms with Gasteiger partial charge in [-0.05, 0) is 137 Å². The van der Waals surface area contributed by atoms with Gasteiger partial charge in [-0.1, -0.05) is 142 Å². The van der Waals surface area contributed by atoms with Crippen LogP contribution in [-0.2, 0) is 10.8 Å². The van der Waals surface area contributed by atoms with Crippen molar-refractivity contribution in [3.05, 3.63) is 162 Å². The minimum absolute atomic E-state index is 0.0998. The summed E-state index contributed by atoms with van der Waals surface area (Å²) in [5, 5.41) is 0. The predicted molar refractivity (Wildman–Crippen MR) is 221 cm³/mol. The lowest BCUT2D eigenvalue weighted by molar-refractivity contribution is 0.0492. The molecular formula is C52H49N. The maximum absolute atomic E-state index is 2.67. The van der Waals surface area contributed by atoms with Gasteiger partial charge in [0.1, 0.15) is 0 Å². The first-order chi connectivity index (χ1) is 26.2. The van der Waals surface area contributed by atoms with Gasteiger partial charge in [0.2, 0.25) is 0 Å². The average Bonchev–Trinajstić information content (AvgIpc) is 3.89. The Balaban J connectivity index is 1.16. The Kier molecular flexibility index (Phi) is 7.20. The standard InChI is InChI=1S/C52H49N/c1-2-35-31-38-18-13-19-39(32-35)52(38)46-24-9-6-21-42(46)43-28-27-41(34-48(43)52)53(40-20-12-17-37(33-40)36-15-4-3-5-16-36)49-26-14-25-47-50(49)44-22-7-8-23-45(44)51(47)29-10-11-30-51/h3-9,12,14-17,20-28,33-35,38-39H,2,10-11,13,18-19,29-32H2,1H3. The van der Waals surface area contributed by atoms with Crippen LogP contribution in [0.15, 0.2) is 140 Å². The third-order valence-corrected chi connectivity index (χ3v) is 14.8. The van der Waals surface area contributed by atoms with Crippen LogP contribution in [0.4, 0.5) is 17.1 Å². The Labute approximate surface area is 315 Å². The predicted octanol–water partition coefficient (Wildman–Crippen LogP) is 14.2. The van der Waals surface area contributed by atoms with Crippen LogP contribution < -0.4 is 4.90 Å². The average molecular weight is 688 g/mol. The molecule has 2 atom stereocenters. The molecular weight excluding hydrogens is 639 g/mol. The Morgan fingerprint density at radius 1 is 0.528 bits per heavy atom. The van der Waals surface area contributed by atoms with E-state index in [-0.39, 0.29) is 10.8 Å². The fourth-order valence-electron chi connectivity index (χ4n) is 12.7. The molecule has 2 spiro atoms. The monoisotopic (exact) mass is 687 g/mol. The third-order valence-electron chi connectivity index (χ3n) is 14.8. The van der Waals surface area contributed by atoms with Gasteiger partial charge in [-0.2, -0.15) is 0 Å². The highest BCUT2D eigenvalue weighted by atomic mass is 15.1. The van der Waals surface area contributed by atoms with E-state index in [1.807, 2.05) is 0 Å². The zero-order valence-electron chi connectivity index (χ0n) is 31.0. The summed E-state index contributed by atoms with van der Waals surface area (Å²) in [6.07, 6.45) is 13.2. The highest BCUT2D eigenvalue weighted by molar-refractivity contribution is 5.96. The molecule has 262 valence electrons. The second kappa shape index (κ2) is 12.1. The lowest BCUT2D eigenvalue weighted by Gasteiger charge is -2.55. The summed E-state index contributed by atoms with van der Waals surface area (Å²) < 4.78 is 0. The van der Waals surface area contributed by atoms with Crippen LogP contribution >= 0.6 is 0 Å². The van der Waals surface area contributed by atoms with E-state index in [1.165, 1.54) is 120 Å². The SMILES string of the molecule is CCC1CC2CCCC(C1)C21c2ccccc2-c2ccc(N(c3cccc(-c4ccccc4)c3)c3cccc4c3-c3ccccc3C43CCCC3)cc21. The van der Waals surface area contributed by atoms with E-state index in [4.69, 9.17) is 0 Å². The van der Waals surface area contributed by atoms with Crippen molar-refractivity contribution in [2.45, 2.75) is 82.0 Å². The number of nitrogens with zero attached hydrogens (tertiary/aromatic N) is 1. The fraction of sp³-hybridized carbons (Fsp3) is 0.308. The van der Waals surface area contributed by atoms with Gasteiger partial charge in [0, 0.05) is 27.8 Å². The molecule has 5 aliphatic carbocycles. The first-order valence-electron chi connectivity index (χ1n) is 20.6. The second-order valence-corrected chi connectivity index (χ2v) is 17.0. The molecule has 1 nitrogen and oxygen atoms in total. The largest absolute Gasteiger partial charge is 0.310 e. The summed E-state index contributed by atoms with van der Waals surface area (Å²) in [7, 11) is 0. The Morgan fingerprint density at radius 2 is 1.17 bits per heavy atom. The van der Waals surface area contributed by atoms with E-state index >= 15 is 0 Å². The molecule has 6 aromatic rings.